The van der Waals surface area contributed by atoms with Gasteiger partial charge in [-0.1, -0.05) is 56.2 Å². The second-order valence-corrected chi connectivity index (χ2v) is 6.45. The van der Waals surface area contributed by atoms with Crippen LogP contribution in [0.25, 0.3) is 0 Å². The maximum Gasteiger partial charge on any atom is 0.00431 e. The van der Waals surface area contributed by atoms with E-state index in [9.17, 15) is 0 Å². The molecule has 2 rings (SSSR count). The van der Waals surface area contributed by atoms with Gasteiger partial charge in [-0.25, -0.2) is 0 Å². The fraction of sp³-hybridized carbons (Fsp3) is 0.556. The van der Waals surface area contributed by atoms with E-state index < -0.39 is 0 Å². The molecule has 0 aromatic rings. The molecule has 0 nitrogen and oxygen atoms in total. The average molecular weight is 242 g/mol. The molecule has 1 unspecified atom stereocenters. The van der Waals surface area contributed by atoms with Crippen molar-refractivity contribution in [2.45, 2.75) is 53.9 Å². The van der Waals surface area contributed by atoms with Crippen molar-refractivity contribution in [3.05, 3.63) is 46.6 Å². The monoisotopic (exact) mass is 242 g/mol. The van der Waals surface area contributed by atoms with Crippen LogP contribution in [0.1, 0.15) is 53.9 Å². The van der Waals surface area contributed by atoms with Crippen LogP contribution < -0.4 is 0 Å². The summed E-state index contributed by atoms with van der Waals surface area (Å²) in [5, 5.41) is 0. The van der Waals surface area contributed by atoms with Crippen LogP contribution in [0.15, 0.2) is 46.6 Å². The summed E-state index contributed by atoms with van der Waals surface area (Å²) in [5.41, 5.74) is 6.54. The van der Waals surface area contributed by atoms with E-state index in [0.717, 1.165) is 5.92 Å². The number of allylic oxidation sites excluding steroid dienone is 8. The molecule has 18 heavy (non-hydrogen) atoms. The van der Waals surface area contributed by atoms with Gasteiger partial charge in [0.2, 0.25) is 0 Å². The highest BCUT2D eigenvalue weighted by atomic mass is 14.3. The van der Waals surface area contributed by atoms with E-state index in [0.29, 0.717) is 0 Å². The SMILES string of the molecule is CC1=C(C)C(C)(C)C=C1CCC(C)C1=CC=CC1. The van der Waals surface area contributed by atoms with Gasteiger partial charge in [-0.2, -0.15) is 0 Å². The Balaban J connectivity index is 1.96. The van der Waals surface area contributed by atoms with E-state index in [4.69, 9.17) is 0 Å². The first-order valence-electron chi connectivity index (χ1n) is 7.17. The van der Waals surface area contributed by atoms with Crippen molar-refractivity contribution in [2.75, 3.05) is 0 Å². The maximum atomic E-state index is 2.48. The minimum Gasteiger partial charge on any atom is -0.0805 e. The second kappa shape index (κ2) is 4.91. The Labute approximate surface area is 112 Å². The highest BCUT2D eigenvalue weighted by Gasteiger charge is 2.27. The lowest BCUT2D eigenvalue weighted by Gasteiger charge is -2.17. The molecule has 0 aliphatic heterocycles. The molecule has 2 aliphatic carbocycles. The first kappa shape index (κ1) is 13.4. The zero-order chi connectivity index (χ0) is 13.3. The Bertz CT molecular complexity index is 452. The van der Waals surface area contributed by atoms with Gasteiger partial charge in [-0.15, -0.1) is 0 Å². The molecule has 0 N–H and O–H groups in total. The minimum atomic E-state index is 0.275. The van der Waals surface area contributed by atoms with Gasteiger partial charge in [0.25, 0.3) is 0 Å². The van der Waals surface area contributed by atoms with Gasteiger partial charge in [0.05, 0.1) is 0 Å². The normalized spacial score (nSPS) is 23.4. The largest absolute Gasteiger partial charge is 0.0805 e. The van der Waals surface area contributed by atoms with Crippen molar-refractivity contribution in [3.8, 4) is 0 Å². The van der Waals surface area contributed by atoms with E-state index in [1.807, 2.05) is 0 Å². The molecule has 0 spiro atoms. The van der Waals surface area contributed by atoms with E-state index in [1.54, 1.807) is 16.7 Å². The number of rotatable bonds is 4. The standard InChI is InChI=1S/C18H26/c1-13(16-8-6-7-9-16)10-11-17-12-18(4,5)15(3)14(17)2/h6-8,12-13H,9-11H2,1-5H3. The lowest BCUT2D eigenvalue weighted by Crippen LogP contribution is -2.05. The van der Waals surface area contributed by atoms with Crippen molar-refractivity contribution < 1.29 is 0 Å². The van der Waals surface area contributed by atoms with Crippen molar-refractivity contribution in [3.63, 3.8) is 0 Å². The molecule has 0 bridgehead atoms. The van der Waals surface area contributed by atoms with Crippen LogP contribution >= 0.6 is 0 Å². The average Bonchev–Trinajstić information content (AvgIpc) is 2.90. The summed E-state index contributed by atoms with van der Waals surface area (Å²) < 4.78 is 0. The summed E-state index contributed by atoms with van der Waals surface area (Å²) in [6, 6.07) is 0. The van der Waals surface area contributed by atoms with Crippen molar-refractivity contribution >= 4 is 0 Å². The molecule has 1 atom stereocenters. The molecule has 0 saturated carbocycles. The summed E-state index contributed by atoms with van der Waals surface area (Å²) >= 11 is 0. The molecular formula is C18H26. The van der Waals surface area contributed by atoms with E-state index >= 15 is 0 Å². The van der Waals surface area contributed by atoms with Crippen LogP contribution in [0.3, 0.4) is 0 Å². The molecular weight excluding hydrogens is 216 g/mol. The highest BCUT2D eigenvalue weighted by molar-refractivity contribution is 5.45. The Morgan fingerprint density at radius 3 is 2.50 bits per heavy atom. The zero-order valence-corrected chi connectivity index (χ0v) is 12.5. The fourth-order valence-electron chi connectivity index (χ4n) is 3.02. The third-order valence-electron chi connectivity index (χ3n) is 4.83. The van der Waals surface area contributed by atoms with Crippen LogP contribution in [0.5, 0.6) is 0 Å². The molecule has 0 amide bonds. The predicted octanol–water partition coefficient (Wildman–Crippen LogP) is 5.59. The van der Waals surface area contributed by atoms with Crippen molar-refractivity contribution in [2.24, 2.45) is 11.3 Å². The Kier molecular flexibility index (Phi) is 3.66. The molecule has 0 radical (unpaired) electrons. The zero-order valence-electron chi connectivity index (χ0n) is 12.5. The molecule has 2 aliphatic rings. The quantitative estimate of drug-likeness (QED) is 0.602. The van der Waals surface area contributed by atoms with Crippen LogP contribution in [0.2, 0.25) is 0 Å². The minimum absolute atomic E-state index is 0.275. The van der Waals surface area contributed by atoms with Gasteiger partial charge in [0.15, 0.2) is 0 Å². The number of hydrogen-bond acceptors (Lipinski definition) is 0. The lowest BCUT2D eigenvalue weighted by atomic mass is 9.88. The third kappa shape index (κ3) is 2.53. The van der Waals surface area contributed by atoms with Crippen LogP contribution in [0, 0.1) is 11.3 Å². The lowest BCUT2D eigenvalue weighted by molar-refractivity contribution is 0.582. The van der Waals surface area contributed by atoms with Crippen molar-refractivity contribution in [1.82, 2.24) is 0 Å². The maximum absolute atomic E-state index is 2.48. The summed E-state index contributed by atoms with van der Waals surface area (Å²) in [7, 11) is 0. The van der Waals surface area contributed by atoms with E-state index in [1.165, 1.54) is 24.8 Å². The summed E-state index contributed by atoms with van der Waals surface area (Å²) in [5.74, 6) is 0.720. The summed E-state index contributed by atoms with van der Waals surface area (Å²) in [6.45, 7) is 11.6. The molecule has 98 valence electrons. The van der Waals surface area contributed by atoms with Crippen LogP contribution in [-0.2, 0) is 0 Å². The second-order valence-electron chi connectivity index (χ2n) is 6.45. The molecule has 0 saturated heterocycles. The number of hydrogen-bond donors (Lipinski definition) is 0. The summed E-state index contributed by atoms with van der Waals surface area (Å²) in [6.07, 6.45) is 12.9. The van der Waals surface area contributed by atoms with Gasteiger partial charge < -0.3 is 0 Å². The fourth-order valence-corrected chi connectivity index (χ4v) is 3.02. The Morgan fingerprint density at radius 1 is 1.28 bits per heavy atom. The smallest absolute Gasteiger partial charge is 0.00431 e. The topological polar surface area (TPSA) is 0 Å². The highest BCUT2D eigenvalue weighted by Crippen LogP contribution is 2.42. The Hall–Kier alpha value is -1.04. The summed E-state index contributed by atoms with van der Waals surface area (Å²) in [4.78, 5) is 0. The van der Waals surface area contributed by atoms with Crippen molar-refractivity contribution in [1.29, 1.82) is 0 Å². The van der Waals surface area contributed by atoms with Crippen LogP contribution in [0.4, 0.5) is 0 Å². The molecule has 0 heterocycles. The predicted molar refractivity (Wildman–Crippen MR) is 80.5 cm³/mol. The van der Waals surface area contributed by atoms with Gasteiger partial charge in [-0.3, -0.25) is 0 Å². The third-order valence-corrected chi connectivity index (χ3v) is 4.83. The van der Waals surface area contributed by atoms with Gasteiger partial charge >= 0.3 is 0 Å². The Morgan fingerprint density at radius 2 is 2.00 bits per heavy atom. The molecule has 0 heteroatoms. The van der Waals surface area contributed by atoms with Gasteiger partial charge in [-0.05, 0) is 50.2 Å². The molecule has 0 fully saturated rings. The molecule has 0 aromatic heterocycles. The van der Waals surface area contributed by atoms with E-state index in [2.05, 4.69) is 58.9 Å². The van der Waals surface area contributed by atoms with Gasteiger partial charge in [0, 0.05) is 5.41 Å². The van der Waals surface area contributed by atoms with Gasteiger partial charge in [0.1, 0.15) is 0 Å². The first-order chi connectivity index (χ1) is 8.42. The first-order valence-corrected chi connectivity index (χ1v) is 7.17. The van der Waals surface area contributed by atoms with E-state index in [-0.39, 0.29) is 5.41 Å². The molecule has 0 aromatic carbocycles. The van der Waals surface area contributed by atoms with Crippen LogP contribution in [-0.4, -0.2) is 0 Å².